The van der Waals surface area contributed by atoms with Gasteiger partial charge < -0.3 is 10.1 Å². The molecule has 21 heavy (non-hydrogen) atoms. The van der Waals surface area contributed by atoms with Crippen LogP contribution in [-0.2, 0) is 6.61 Å². The second-order valence-electron chi connectivity index (χ2n) is 4.72. The first kappa shape index (κ1) is 15.9. The van der Waals surface area contributed by atoms with Crippen LogP contribution in [0.15, 0.2) is 40.9 Å². The summed E-state index contributed by atoms with van der Waals surface area (Å²) >= 11 is 3.28. The highest BCUT2D eigenvalue weighted by atomic mass is 79.9. The first-order chi connectivity index (χ1) is 10.0. The SMILES string of the molecule is CNC(C)c1ccc(OCc2cc(Br)ccc2F)cc1F. The maximum atomic E-state index is 14.0. The highest BCUT2D eigenvalue weighted by Crippen LogP contribution is 2.23. The third kappa shape index (κ3) is 4.02. The zero-order chi connectivity index (χ0) is 15.4. The van der Waals surface area contributed by atoms with Crippen LogP contribution in [0.1, 0.15) is 24.1 Å². The Hall–Kier alpha value is -1.46. The number of hydrogen-bond donors (Lipinski definition) is 1. The van der Waals surface area contributed by atoms with Crippen molar-refractivity contribution in [1.82, 2.24) is 5.32 Å². The van der Waals surface area contributed by atoms with Crippen molar-refractivity contribution >= 4 is 15.9 Å². The van der Waals surface area contributed by atoms with Gasteiger partial charge in [0.2, 0.25) is 0 Å². The molecule has 0 saturated heterocycles. The molecule has 0 aliphatic heterocycles. The lowest BCUT2D eigenvalue weighted by Crippen LogP contribution is -2.13. The number of hydrogen-bond acceptors (Lipinski definition) is 2. The van der Waals surface area contributed by atoms with E-state index < -0.39 is 0 Å². The van der Waals surface area contributed by atoms with Crippen LogP contribution in [0, 0.1) is 11.6 Å². The fraction of sp³-hybridized carbons (Fsp3) is 0.250. The first-order valence-electron chi connectivity index (χ1n) is 6.54. The van der Waals surface area contributed by atoms with Gasteiger partial charge >= 0.3 is 0 Å². The minimum atomic E-state index is -0.348. The van der Waals surface area contributed by atoms with Crippen LogP contribution in [-0.4, -0.2) is 7.05 Å². The lowest BCUT2D eigenvalue weighted by molar-refractivity contribution is 0.298. The molecule has 0 aliphatic rings. The summed E-state index contributed by atoms with van der Waals surface area (Å²) in [5, 5.41) is 2.98. The number of rotatable bonds is 5. The summed E-state index contributed by atoms with van der Waals surface area (Å²) in [6.07, 6.45) is 0. The summed E-state index contributed by atoms with van der Waals surface area (Å²) in [5.41, 5.74) is 0.982. The van der Waals surface area contributed by atoms with E-state index in [0.29, 0.717) is 16.9 Å². The number of ether oxygens (including phenoxy) is 1. The molecule has 112 valence electrons. The predicted octanol–water partition coefficient (Wildman–Crippen LogP) is 4.59. The molecule has 0 radical (unpaired) electrons. The van der Waals surface area contributed by atoms with Gasteiger partial charge in [-0.3, -0.25) is 0 Å². The molecule has 2 aromatic carbocycles. The van der Waals surface area contributed by atoms with Crippen molar-refractivity contribution in [2.45, 2.75) is 19.6 Å². The van der Waals surface area contributed by atoms with Crippen molar-refractivity contribution in [3.8, 4) is 5.75 Å². The minimum Gasteiger partial charge on any atom is -0.489 e. The van der Waals surface area contributed by atoms with Crippen LogP contribution < -0.4 is 10.1 Å². The van der Waals surface area contributed by atoms with Crippen molar-refractivity contribution in [2.75, 3.05) is 7.05 Å². The molecule has 0 heterocycles. The van der Waals surface area contributed by atoms with E-state index in [9.17, 15) is 8.78 Å². The summed E-state index contributed by atoms with van der Waals surface area (Å²) in [5.74, 6) is -0.318. The molecule has 0 bridgehead atoms. The van der Waals surface area contributed by atoms with E-state index in [2.05, 4.69) is 21.2 Å². The molecule has 0 aromatic heterocycles. The van der Waals surface area contributed by atoms with Crippen molar-refractivity contribution < 1.29 is 13.5 Å². The Morgan fingerprint density at radius 2 is 1.90 bits per heavy atom. The molecule has 0 amide bonds. The number of nitrogens with one attached hydrogen (secondary N) is 1. The Morgan fingerprint density at radius 3 is 2.57 bits per heavy atom. The quantitative estimate of drug-likeness (QED) is 0.846. The smallest absolute Gasteiger partial charge is 0.131 e. The molecule has 2 rings (SSSR count). The van der Waals surface area contributed by atoms with Crippen LogP contribution in [0.25, 0.3) is 0 Å². The van der Waals surface area contributed by atoms with Gasteiger partial charge in [-0.15, -0.1) is 0 Å². The Morgan fingerprint density at radius 1 is 1.14 bits per heavy atom. The lowest BCUT2D eigenvalue weighted by Gasteiger charge is -2.13. The fourth-order valence-corrected chi connectivity index (χ4v) is 2.33. The largest absolute Gasteiger partial charge is 0.489 e. The highest BCUT2D eigenvalue weighted by Gasteiger charge is 2.10. The molecular formula is C16H16BrF2NO. The predicted molar refractivity (Wildman–Crippen MR) is 82.3 cm³/mol. The number of halogens is 3. The van der Waals surface area contributed by atoms with Crippen molar-refractivity contribution in [1.29, 1.82) is 0 Å². The van der Waals surface area contributed by atoms with Crippen molar-refractivity contribution in [2.24, 2.45) is 0 Å². The highest BCUT2D eigenvalue weighted by molar-refractivity contribution is 9.10. The second-order valence-corrected chi connectivity index (χ2v) is 5.63. The van der Waals surface area contributed by atoms with Crippen LogP contribution in [0.5, 0.6) is 5.75 Å². The van der Waals surface area contributed by atoms with E-state index in [1.165, 1.54) is 12.1 Å². The zero-order valence-corrected chi connectivity index (χ0v) is 13.4. The molecule has 0 spiro atoms. The minimum absolute atomic E-state index is 0.0473. The summed E-state index contributed by atoms with van der Waals surface area (Å²) in [7, 11) is 1.77. The monoisotopic (exact) mass is 355 g/mol. The van der Waals surface area contributed by atoms with Gasteiger partial charge in [-0.2, -0.15) is 0 Å². The molecule has 2 nitrogen and oxygen atoms in total. The van der Waals surface area contributed by atoms with Crippen LogP contribution >= 0.6 is 15.9 Å². The summed E-state index contributed by atoms with van der Waals surface area (Å²) in [4.78, 5) is 0. The van der Waals surface area contributed by atoms with Crippen LogP contribution in [0.2, 0.25) is 0 Å². The topological polar surface area (TPSA) is 21.3 Å². The van der Waals surface area contributed by atoms with Crippen molar-refractivity contribution in [3.63, 3.8) is 0 Å². The summed E-state index contributed by atoms with van der Waals surface area (Å²) in [6, 6.07) is 9.21. The van der Waals surface area contributed by atoms with E-state index in [4.69, 9.17) is 4.74 Å². The number of benzene rings is 2. The summed E-state index contributed by atoms with van der Waals surface area (Å²) in [6.45, 7) is 1.92. The molecule has 0 fully saturated rings. The van der Waals surface area contributed by atoms with E-state index in [1.807, 2.05) is 6.92 Å². The van der Waals surface area contributed by atoms with Gasteiger partial charge in [-0.25, -0.2) is 8.78 Å². The molecule has 1 N–H and O–H groups in total. The van der Waals surface area contributed by atoms with Gasteiger partial charge in [-0.1, -0.05) is 22.0 Å². The van der Waals surface area contributed by atoms with Gasteiger partial charge in [0.15, 0.2) is 0 Å². The van der Waals surface area contributed by atoms with E-state index >= 15 is 0 Å². The first-order valence-corrected chi connectivity index (χ1v) is 7.34. The Labute approximate surface area is 131 Å². The van der Waals surface area contributed by atoms with Crippen molar-refractivity contribution in [3.05, 3.63) is 63.6 Å². The zero-order valence-electron chi connectivity index (χ0n) is 11.8. The molecule has 5 heteroatoms. The third-order valence-electron chi connectivity index (χ3n) is 3.27. The van der Waals surface area contributed by atoms with Crippen LogP contribution in [0.4, 0.5) is 8.78 Å². The third-order valence-corrected chi connectivity index (χ3v) is 3.77. The van der Waals surface area contributed by atoms with Gasteiger partial charge in [0.05, 0.1) is 0 Å². The van der Waals surface area contributed by atoms with E-state index in [1.54, 1.807) is 31.3 Å². The Kier molecular flexibility index (Phi) is 5.31. The normalized spacial score (nSPS) is 12.2. The van der Waals surface area contributed by atoms with Crippen LogP contribution in [0.3, 0.4) is 0 Å². The average Bonchev–Trinajstić information content (AvgIpc) is 2.47. The van der Waals surface area contributed by atoms with Gasteiger partial charge in [0.25, 0.3) is 0 Å². The molecule has 0 aliphatic carbocycles. The van der Waals surface area contributed by atoms with Gasteiger partial charge in [0.1, 0.15) is 24.0 Å². The lowest BCUT2D eigenvalue weighted by atomic mass is 10.1. The molecule has 2 aromatic rings. The molecule has 0 saturated carbocycles. The molecular weight excluding hydrogens is 340 g/mol. The molecule has 1 atom stereocenters. The Balaban J connectivity index is 2.10. The second kappa shape index (κ2) is 7.00. The Bertz CT molecular complexity index is 634. The fourth-order valence-electron chi connectivity index (χ4n) is 1.92. The molecule has 1 unspecified atom stereocenters. The average molecular weight is 356 g/mol. The van der Waals surface area contributed by atoms with Gasteiger partial charge in [0, 0.05) is 27.7 Å². The van der Waals surface area contributed by atoms with Gasteiger partial charge in [-0.05, 0) is 38.2 Å². The maximum Gasteiger partial charge on any atom is 0.131 e. The maximum absolute atomic E-state index is 14.0. The standard InChI is InChI=1S/C16H16BrF2NO/c1-10(20-2)14-5-4-13(8-16(14)19)21-9-11-7-12(17)3-6-15(11)18/h3-8,10,20H,9H2,1-2H3. The van der Waals surface area contributed by atoms with E-state index in [0.717, 1.165) is 4.47 Å². The summed E-state index contributed by atoms with van der Waals surface area (Å²) < 4.78 is 33.8. The van der Waals surface area contributed by atoms with E-state index in [-0.39, 0.29) is 24.3 Å².